The summed E-state index contributed by atoms with van der Waals surface area (Å²) >= 11 is 0. The summed E-state index contributed by atoms with van der Waals surface area (Å²) < 4.78 is 15.9. The van der Waals surface area contributed by atoms with Gasteiger partial charge in [0.2, 0.25) is 6.29 Å². The summed E-state index contributed by atoms with van der Waals surface area (Å²) in [6.45, 7) is -0.589. The fourth-order valence-corrected chi connectivity index (χ4v) is 2.33. The molecule has 1 aromatic carbocycles. The van der Waals surface area contributed by atoms with E-state index in [-0.39, 0.29) is 5.75 Å². The summed E-state index contributed by atoms with van der Waals surface area (Å²) in [5.74, 6) is -0.622. The van der Waals surface area contributed by atoms with E-state index in [1.807, 2.05) is 0 Å². The van der Waals surface area contributed by atoms with E-state index in [4.69, 9.17) is 19.3 Å². The number of aliphatic carboxylic acids is 1. The first-order valence-corrected chi connectivity index (χ1v) is 7.43. The van der Waals surface area contributed by atoms with E-state index >= 15 is 0 Å². The summed E-state index contributed by atoms with van der Waals surface area (Å²) in [6.07, 6.45) is -4.99. The van der Waals surface area contributed by atoms with Crippen LogP contribution < -0.4 is 9.47 Å². The topological polar surface area (TPSA) is 146 Å². The lowest BCUT2D eigenvalue weighted by Gasteiger charge is -2.39. The van der Waals surface area contributed by atoms with Gasteiger partial charge in [0.1, 0.15) is 35.9 Å². The number of carbonyl (C=O) groups is 1. The molecule has 0 aromatic heterocycles. The highest BCUT2D eigenvalue weighted by Gasteiger charge is 2.44. The molecule has 9 heteroatoms. The van der Waals surface area contributed by atoms with Crippen LogP contribution in [0.1, 0.15) is 5.56 Å². The van der Waals surface area contributed by atoms with Crippen LogP contribution in [0, 0.1) is 0 Å². The van der Waals surface area contributed by atoms with Gasteiger partial charge in [-0.2, -0.15) is 0 Å². The minimum absolute atomic E-state index is 0.126. The Morgan fingerprint density at radius 2 is 1.96 bits per heavy atom. The second-order valence-corrected chi connectivity index (χ2v) is 5.39. The summed E-state index contributed by atoms with van der Waals surface area (Å²) in [5, 5.41) is 47.6. The largest absolute Gasteiger partial charge is 0.497 e. The normalized spacial score (nSPS) is 29.6. The first-order chi connectivity index (χ1) is 11.9. The number of carboxylic acid groups (broad SMARTS) is 1. The summed E-state index contributed by atoms with van der Waals surface area (Å²) in [4.78, 5) is 10.7. The van der Waals surface area contributed by atoms with Gasteiger partial charge in [0, 0.05) is 17.7 Å². The number of carboxylic acids is 1. The highest BCUT2D eigenvalue weighted by Crippen LogP contribution is 2.30. The Kier molecular flexibility index (Phi) is 6.34. The molecular formula is C16H20O9. The van der Waals surface area contributed by atoms with E-state index in [9.17, 15) is 25.2 Å². The molecule has 1 heterocycles. The van der Waals surface area contributed by atoms with Gasteiger partial charge in [0.25, 0.3) is 0 Å². The molecule has 9 nitrogen and oxygen atoms in total. The smallest absolute Gasteiger partial charge is 0.328 e. The van der Waals surface area contributed by atoms with E-state index in [0.29, 0.717) is 11.3 Å². The summed E-state index contributed by atoms with van der Waals surface area (Å²) in [7, 11) is 1.43. The van der Waals surface area contributed by atoms with Gasteiger partial charge in [-0.15, -0.1) is 0 Å². The first-order valence-electron chi connectivity index (χ1n) is 7.43. The van der Waals surface area contributed by atoms with Crippen LogP contribution in [-0.4, -0.2) is 75.9 Å². The van der Waals surface area contributed by atoms with Crippen molar-refractivity contribution in [2.75, 3.05) is 13.7 Å². The SMILES string of the molecule is COc1ccc(C=CC(=O)O)c(O[C@H]2O[C@H](CO)[C@@H](O)[C@H](O)[C@H]2O)c1. The molecule has 0 spiro atoms. The predicted molar refractivity (Wildman–Crippen MR) is 84.1 cm³/mol. The number of aliphatic hydroxyl groups is 4. The Balaban J connectivity index is 2.29. The van der Waals surface area contributed by atoms with Crippen LogP contribution in [0.4, 0.5) is 0 Å². The molecule has 1 saturated heterocycles. The molecule has 0 bridgehead atoms. The molecule has 0 radical (unpaired) electrons. The molecule has 1 aliphatic heterocycles. The third kappa shape index (κ3) is 4.47. The second-order valence-electron chi connectivity index (χ2n) is 5.39. The van der Waals surface area contributed by atoms with Crippen molar-refractivity contribution in [1.29, 1.82) is 0 Å². The number of methoxy groups -OCH3 is 1. The third-order valence-electron chi connectivity index (χ3n) is 3.72. The average molecular weight is 356 g/mol. The number of hydrogen-bond donors (Lipinski definition) is 5. The zero-order chi connectivity index (χ0) is 18.6. The number of benzene rings is 1. The molecule has 5 atom stereocenters. The Hall–Kier alpha value is -2.17. The van der Waals surface area contributed by atoms with Gasteiger partial charge < -0.3 is 39.7 Å². The lowest BCUT2D eigenvalue weighted by Crippen LogP contribution is -2.60. The molecule has 0 unspecified atom stereocenters. The van der Waals surface area contributed by atoms with E-state index < -0.39 is 43.3 Å². The van der Waals surface area contributed by atoms with Crippen LogP contribution in [0.3, 0.4) is 0 Å². The van der Waals surface area contributed by atoms with Gasteiger partial charge in [-0.25, -0.2) is 4.79 Å². The van der Waals surface area contributed by atoms with Crippen molar-refractivity contribution in [2.24, 2.45) is 0 Å². The molecule has 1 aromatic rings. The Morgan fingerprint density at radius 1 is 1.24 bits per heavy atom. The Bertz CT molecular complexity index is 628. The highest BCUT2D eigenvalue weighted by molar-refractivity contribution is 5.86. The maximum Gasteiger partial charge on any atom is 0.328 e. The minimum Gasteiger partial charge on any atom is -0.497 e. The molecule has 0 aliphatic carbocycles. The number of hydrogen-bond acceptors (Lipinski definition) is 8. The third-order valence-corrected chi connectivity index (χ3v) is 3.72. The van der Waals surface area contributed by atoms with Gasteiger partial charge in [-0.05, 0) is 18.2 Å². The van der Waals surface area contributed by atoms with Crippen molar-refractivity contribution >= 4 is 12.0 Å². The fourth-order valence-electron chi connectivity index (χ4n) is 2.33. The molecule has 0 amide bonds. The maximum absolute atomic E-state index is 10.7. The molecule has 0 saturated carbocycles. The Labute approximate surface area is 143 Å². The fraction of sp³-hybridized carbons (Fsp3) is 0.438. The van der Waals surface area contributed by atoms with Crippen LogP contribution in [0.25, 0.3) is 6.08 Å². The standard InChI is InChI=1S/C16H20O9/c1-23-9-4-2-8(3-5-12(18)19)10(6-9)24-16-15(22)14(21)13(20)11(7-17)25-16/h2-6,11,13-17,20-22H,7H2,1H3,(H,18,19)/t11-,13-,14+,15-,16+/m1/s1. The van der Waals surface area contributed by atoms with Crippen LogP contribution in [0.2, 0.25) is 0 Å². The van der Waals surface area contributed by atoms with Crippen molar-refractivity contribution in [3.8, 4) is 11.5 Å². The van der Waals surface area contributed by atoms with Crippen LogP contribution >= 0.6 is 0 Å². The van der Waals surface area contributed by atoms with Crippen molar-refractivity contribution in [2.45, 2.75) is 30.7 Å². The number of aliphatic hydroxyl groups excluding tert-OH is 4. The van der Waals surface area contributed by atoms with Crippen molar-refractivity contribution in [1.82, 2.24) is 0 Å². The van der Waals surface area contributed by atoms with Crippen LogP contribution in [0.15, 0.2) is 24.3 Å². The molecule has 1 aliphatic rings. The van der Waals surface area contributed by atoms with Crippen molar-refractivity contribution in [3.63, 3.8) is 0 Å². The number of ether oxygens (including phenoxy) is 3. The zero-order valence-electron chi connectivity index (χ0n) is 13.3. The Morgan fingerprint density at radius 3 is 2.56 bits per heavy atom. The quantitative estimate of drug-likeness (QED) is 0.404. The second kappa shape index (κ2) is 8.28. The molecule has 138 valence electrons. The highest BCUT2D eigenvalue weighted by atomic mass is 16.7. The first kappa shape index (κ1) is 19.2. The summed E-state index contributed by atoms with van der Waals surface area (Å²) in [6, 6.07) is 4.57. The van der Waals surface area contributed by atoms with Crippen molar-refractivity contribution in [3.05, 3.63) is 29.8 Å². The average Bonchev–Trinajstić information content (AvgIpc) is 2.60. The van der Waals surface area contributed by atoms with E-state index in [1.54, 1.807) is 6.07 Å². The lowest BCUT2D eigenvalue weighted by atomic mass is 9.99. The number of rotatable bonds is 6. The maximum atomic E-state index is 10.7. The van der Waals surface area contributed by atoms with Gasteiger partial charge >= 0.3 is 5.97 Å². The van der Waals surface area contributed by atoms with Gasteiger partial charge in [-0.1, -0.05) is 0 Å². The predicted octanol–water partition coefficient (Wildman–Crippen LogP) is -1.03. The van der Waals surface area contributed by atoms with Crippen LogP contribution in [0.5, 0.6) is 11.5 Å². The monoisotopic (exact) mass is 356 g/mol. The van der Waals surface area contributed by atoms with Crippen molar-refractivity contribution < 1.29 is 44.5 Å². The van der Waals surface area contributed by atoms with Gasteiger partial charge in [0.15, 0.2) is 0 Å². The van der Waals surface area contributed by atoms with E-state index in [1.165, 1.54) is 25.3 Å². The zero-order valence-corrected chi connectivity index (χ0v) is 13.3. The molecule has 5 N–H and O–H groups in total. The molecule has 1 fully saturated rings. The van der Waals surface area contributed by atoms with Gasteiger partial charge in [-0.3, -0.25) is 0 Å². The van der Waals surface area contributed by atoms with Gasteiger partial charge in [0.05, 0.1) is 13.7 Å². The summed E-state index contributed by atoms with van der Waals surface area (Å²) in [5.41, 5.74) is 0.361. The molecule has 2 rings (SSSR count). The van der Waals surface area contributed by atoms with Crippen LogP contribution in [-0.2, 0) is 9.53 Å². The minimum atomic E-state index is -1.58. The lowest BCUT2D eigenvalue weighted by molar-refractivity contribution is -0.277. The van der Waals surface area contributed by atoms with E-state index in [0.717, 1.165) is 6.08 Å². The van der Waals surface area contributed by atoms with E-state index in [2.05, 4.69) is 0 Å². The molecule has 25 heavy (non-hydrogen) atoms. The molecular weight excluding hydrogens is 336 g/mol.